The monoisotopic (exact) mass is 416 g/mol. The van der Waals surface area contributed by atoms with Gasteiger partial charge < -0.3 is 10.6 Å². The number of carbonyl (C=O) groups is 2. The number of hydrogen-bond acceptors (Lipinski definition) is 4. The van der Waals surface area contributed by atoms with Gasteiger partial charge in [0.15, 0.2) is 16.8 Å². The summed E-state index contributed by atoms with van der Waals surface area (Å²) >= 11 is 1.36. The average Bonchev–Trinajstić information content (AvgIpc) is 3.18. The Morgan fingerprint density at radius 3 is 2.45 bits per heavy atom. The van der Waals surface area contributed by atoms with Gasteiger partial charge in [-0.15, -0.1) is 0 Å². The smallest absolute Gasteiger partial charge is 0.270 e. The van der Waals surface area contributed by atoms with E-state index in [1.54, 1.807) is 4.57 Å². The van der Waals surface area contributed by atoms with E-state index >= 15 is 0 Å². The van der Waals surface area contributed by atoms with E-state index in [0.717, 1.165) is 17.8 Å². The van der Waals surface area contributed by atoms with Crippen molar-refractivity contribution in [3.8, 4) is 5.69 Å². The number of halogens is 2. The largest absolute Gasteiger partial charge is 0.357 e. The third-order valence-electron chi connectivity index (χ3n) is 4.22. The van der Waals surface area contributed by atoms with Crippen LogP contribution in [0.5, 0.6) is 0 Å². The number of nitrogens with one attached hydrogen (secondary N) is 2. The van der Waals surface area contributed by atoms with Crippen molar-refractivity contribution in [3.05, 3.63) is 77.6 Å². The van der Waals surface area contributed by atoms with Crippen LogP contribution in [-0.2, 0) is 4.79 Å². The number of aromatic nitrogens is 2. The van der Waals surface area contributed by atoms with Gasteiger partial charge in [-0.3, -0.25) is 14.2 Å². The molecule has 0 fully saturated rings. The molecule has 2 aromatic carbocycles. The Bertz CT molecular complexity index is 1040. The Morgan fingerprint density at radius 2 is 1.83 bits per heavy atom. The first kappa shape index (κ1) is 20.5. The molecule has 0 spiro atoms. The number of thioether (sulfide) groups is 1. The summed E-state index contributed by atoms with van der Waals surface area (Å²) in [5.74, 6) is -3.30. The molecule has 3 rings (SSSR count). The van der Waals surface area contributed by atoms with Crippen LogP contribution in [0.25, 0.3) is 5.69 Å². The first-order chi connectivity index (χ1) is 14.0. The maximum atomic E-state index is 13.7. The fraction of sp³-hybridized carbons (Fsp3) is 0.150. The highest BCUT2D eigenvalue weighted by Gasteiger charge is 2.26. The van der Waals surface area contributed by atoms with Gasteiger partial charge in [0.25, 0.3) is 5.91 Å². The van der Waals surface area contributed by atoms with Gasteiger partial charge in [-0.25, -0.2) is 13.8 Å². The molecule has 1 aromatic heterocycles. The lowest BCUT2D eigenvalue weighted by atomic mass is 10.1. The molecule has 2 N–H and O–H groups in total. The Labute approximate surface area is 170 Å². The number of hydrogen-bond donors (Lipinski definition) is 2. The number of imidazole rings is 1. The molecule has 6 nitrogen and oxygen atoms in total. The van der Waals surface area contributed by atoms with Gasteiger partial charge in [-0.1, -0.05) is 36.0 Å². The molecule has 1 atom stereocenters. The Kier molecular flexibility index (Phi) is 6.28. The summed E-state index contributed by atoms with van der Waals surface area (Å²) in [7, 11) is 1.39. The lowest BCUT2D eigenvalue weighted by Crippen LogP contribution is -2.39. The highest BCUT2D eigenvalue weighted by Crippen LogP contribution is 2.23. The second kappa shape index (κ2) is 8.87. The van der Waals surface area contributed by atoms with E-state index in [2.05, 4.69) is 15.6 Å². The lowest BCUT2D eigenvalue weighted by Gasteiger charge is -2.19. The van der Waals surface area contributed by atoms with Crippen LogP contribution in [0.1, 0.15) is 22.1 Å². The molecular weight excluding hydrogens is 398 g/mol. The average molecular weight is 416 g/mol. The zero-order valence-electron chi connectivity index (χ0n) is 15.6. The number of para-hydroxylation sites is 1. The fourth-order valence-electron chi connectivity index (χ4n) is 2.81. The number of nitrogens with zero attached hydrogens (tertiary/aromatic N) is 2. The Balaban J connectivity index is 1.98. The van der Waals surface area contributed by atoms with Gasteiger partial charge in [0.05, 0.1) is 6.20 Å². The van der Waals surface area contributed by atoms with Crippen molar-refractivity contribution < 1.29 is 18.4 Å². The molecule has 150 valence electrons. The van der Waals surface area contributed by atoms with E-state index in [-0.39, 0.29) is 11.3 Å². The second-order valence-electron chi connectivity index (χ2n) is 6.00. The molecule has 1 heterocycles. The Morgan fingerprint density at radius 1 is 1.10 bits per heavy atom. The predicted molar refractivity (Wildman–Crippen MR) is 106 cm³/mol. The van der Waals surface area contributed by atoms with Gasteiger partial charge >= 0.3 is 0 Å². The van der Waals surface area contributed by atoms with Crippen LogP contribution in [-0.4, -0.2) is 34.7 Å². The van der Waals surface area contributed by atoms with Gasteiger partial charge in [0.1, 0.15) is 11.7 Å². The van der Waals surface area contributed by atoms with Crippen LogP contribution in [0.4, 0.5) is 8.78 Å². The fourth-order valence-corrected chi connectivity index (χ4v) is 3.35. The number of rotatable bonds is 6. The summed E-state index contributed by atoms with van der Waals surface area (Å²) in [6.07, 6.45) is 3.23. The Hall–Kier alpha value is -3.20. The highest BCUT2D eigenvalue weighted by atomic mass is 32.2. The molecule has 0 aliphatic carbocycles. The number of benzene rings is 2. The van der Waals surface area contributed by atoms with Crippen molar-refractivity contribution in [2.45, 2.75) is 11.2 Å². The molecule has 0 aliphatic rings. The lowest BCUT2D eigenvalue weighted by molar-refractivity contribution is -0.122. The molecule has 0 saturated heterocycles. The molecule has 1 unspecified atom stereocenters. The number of amides is 2. The van der Waals surface area contributed by atoms with E-state index < -0.39 is 29.5 Å². The van der Waals surface area contributed by atoms with Crippen molar-refractivity contribution in [3.63, 3.8) is 0 Å². The summed E-state index contributed by atoms with van der Waals surface area (Å²) in [4.78, 5) is 29.6. The van der Waals surface area contributed by atoms with Crippen molar-refractivity contribution >= 4 is 23.6 Å². The second-order valence-corrected chi connectivity index (χ2v) is 6.77. The van der Waals surface area contributed by atoms with Gasteiger partial charge in [-0.2, -0.15) is 0 Å². The minimum atomic E-state index is -1.21. The minimum absolute atomic E-state index is 0.118. The van der Waals surface area contributed by atoms with E-state index in [9.17, 15) is 18.4 Å². The molecule has 2 amide bonds. The zero-order chi connectivity index (χ0) is 21.0. The first-order valence-corrected chi connectivity index (χ1v) is 9.83. The van der Waals surface area contributed by atoms with E-state index in [4.69, 9.17) is 0 Å². The van der Waals surface area contributed by atoms with E-state index in [1.807, 2.05) is 36.6 Å². The van der Waals surface area contributed by atoms with Crippen LogP contribution in [0, 0.1) is 11.6 Å². The number of carbonyl (C=O) groups excluding carboxylic acids is 2. The maximum Gasteiger partial charge on any atom is 0.270 e. The molecule has 29 heavy (non-hydrogen) atoms. The third kappa shape index (κ3) is 4.29. The third-order valence-corrected chi connectivity index (χ3v) is 4.87. The van der Waals surface area contributed by atoms with Crippen LogP contribution in [0.3, 0.4) is 0 Å². The summed E-state index contributed by atoms with van der Waals surface area (Å²) in [6, 6.07) is 11.0. The molecule has 0 aliphatic heterocycles. The van der Waals surface area contributed by atoms with Crippen molar-refractivity contribution in [2.24, 2.45) is 0 Å². The summed E-state index contributed by atoms with van der Waals surface area (Å²) in [6.45, 7) is 0. The molecule has 9 heteroatoms. The normalized spacial score (nSPS) is 11.7. The van der Waals surface area contributed by atoms with Crippen LogP contribution in [0.2, 0.25) is 0 Å². The molecular formula is C20H18F2N4O2S. The molecule has 0 bridgehead atoms. The summed E-state index contributed by atoms with van der Waals surface area (Å²) < 4.78 is 28.6. The maximum absolute atomic E-state index is 13.7. The summed E-state index contributed by atoms with van der Waals surface area (Å²) in [5, 5.41) is 5.59. The summed E-state index contributed by atoms with van der Waals surface area (Å²) in [5.41, 5.74) is 1.05. The standard InChI is InChI=1S/C20H18F2N4O2S/c1-23-19(28)17(12-8-9-14(21)15(22)10-12)25-18(27)16-11-24-20(29-2)26(16)13-6-4-3-5-7-13/h3-11,17H,1-2H3,(H,23,28)(H,25,27). The SMILES string of the molecule is CNC(=O)C(NC(=O)c1cnc(SC)n1-c1ccccc1)c1ccc(F)c(F)c1. The molecule has 0 radical (unpaired) electrons. The predicted octanol–water partition coefficient (Wildman–Crippen LogP) is 3.09. The van der Waals surface area contributed by atoms with Crippen molar-refractivity contribution in [2.75, 3.05) is 13.3 Å². The molecule has 0 saturated carbocycles. The van der Waals surface area contributed by atoms with Crippen LogP contribution >= 0.6 is 11.8 Å². The quantitative estimate of drug-likeness (QED) is 0.606. The highest BCUT2D eigenvalue weighted by molar-refractivity contribution is 7.98. The zero-order valence-corrected chi connectivity index (χ0v) is 16.5. The van der Waals surface area contributed by atoms with Crippen molar-refractivity contribution in [1.82, 2.24) is 20.2 Å². The van der Waals surface area contributed by atoms with E-state index in [0.29, 0.717) is 5.16 Å². The van der Waals surface area contributed by atoms with Crippen LogP contribution < -0.4 is 10.6 Å². The number of likely N-dealkylation sites (N-methyl/N-ethyl adjacent to an activating group) is 1. The van der Waals surface area contributed by atoms with E-state index in [1.165, 1.54) is 31.1 Å². The van der Waals surface area contributed by atoms with Crippen LogP contribution in [0.15, 0.2) is 59.9 Å². The first-order valence-electron chi connectivity index (χ1n) is 8.60. The van der Waals surface area contributed by atoms with Crippen molar-refractivity contribution in [1.29, 1.82) is 0 Å². The minimum Gasteiger partial charge on any atom is -0.357 e. The van der Waals surface area contributed by atoms with Gasteiger partial charge in [0, 0.05) is 12.7 Å². The van der Waals surface area contributed by atoms with Gasteiger partial charge in [-0.05, 0) is 36.1 Å². The van der Waals surface area contributed by atoms with Gasteiger partial charge in [0.2, 0.25) is 5.91 Å². The molecule has 3 aromatic rings. The topological polar surface area (TPSA) is 76.0 Å².